The summed E-state index contributed by atoms with van der Waals surface area (Å²) < 4.78 is 0. The highest BCUT2D eigenvalue weighted by atomic mass is 16.7. The lowest BCUT2D eigenvalue weighted by Gasteiger charge is -2.27. The number of primary amides is 1. The first-order valence-corrected chi connectivity index (χ1v) is 6.73. The predicted octanol–water partition coefficient (Wildman–Crippen LogP) is 0.872. The molecule has 0 radical (unpaired) electrons. The van der Waals surface area contributed by atoms with Crippen molar-refractivity contribution in [3.8, 4) is 0 Å². The van der Waals surface area contributed by atoms with Gasteiger partial charge in [-0.2, -0.15) is 5.06 Å². The van der Waals surface area contributed by atoms with Crippen LogP contribution in [0.4, 0.5) is 4.79 Å². The van der Waals surface area contributed by atoms with Gasteiger partial charge in [-0.15, -0.1) is 0 Å². The van der Waals surface area contributed by atoms with Gasteiger partial charge in [0.1, 0.15) is 12.6 Å². The van der Waals surface area contributed by atoms with Crippen molar-refractivity contribution in [1.82, 2.24) is 9.96 Å². The number of nitrogens with zero attached hydrogens (tertiary/aromatic N) is 2. The number of hydrogen-bond acceptors (Lipinski definition) is 3. The Morgan fingerprint density at radius 2 is 2.05 bits per heavy atom. The SMILES string of the molecule is NC(=O)C1CCC2CN1C(=O)N2OCc1ccccc1. The molecule has 3 amide bonds. The summed E-state index contributed by atoms with van der Waals surface area (Å²) in [6, 6.07) is 8.93. The number of hydroxylamine groups is 2. The molecule has 0 saturated carbocycles. The predicted molar refractivity (Wildman–Crippen MR) is 71.2 cm³/mol. The number of carbonyl (C=O) groups excluding carboxylic acids is 2. The summed E-state index contributed by atoms with van der Waals surface area (Å²) in [6.07, 6.45) is 1.35. The van der Waals surface area contributed by atoms with Crippen molar-refractivity contribution < 1.29 is 14.4 Å². The monoisotopic (exact) mass is 275 g/mol. The average molecular weight is 275 g/mol. The van der Waals surface area contributed by atoms with Crippen LogP contribution >= 0.6 is 0 Å². The first-order chi connectivity index (χ1) is 9.66. The van der Waals surface area contributed by atoms with Crippen LogP contribution in [0, 0.1) is 0 Å². The van der Waals surface area contributed by atoms with Gasteiger partial charge in [-0.1, -0.05) is 30.3 Å². The van der Waals surface area contributed by atoms with Gasteiger partial charge in [0, 0.05) is 6.54 Å². The summed E-state index contributed by atoms with van der Waals surface area (Å²) in [7, 11) is 0. The van der Waals surface area contributed by atoms with Crippen LogP contribution in [0.25, 0.3) is 0 Å². The quantitative estimate of drug-likeness (QED) is 0.886. The van der Waals surface area contributed by atoms with E-state index < -0.39 is 11.9 Å². The highest BCUT2D eigenvalue weighted by Gasteiger charge is 2.47. The number of hydrogen-bond donors (Lipinski definition) is 1. The van der Waals surface area contributed by atoms with Crippen LogP contribution in [0.5, 0.6) is 0 Å². The topological polar surface area (TPSA) is 75.9 Å². The van der Waals surface area contributed by atoms with Crippen LogP contribution < -0.4 is 5.73 Å². The molecule has 6 heteroatoms. The van der Waals surface area contributed by atoms with E-state index in [2.05, 4.69) is 0 Å². The molecule has 2 saturated heterocycles. The molecule has 3 rings (SSSR count). The van der Waals surface area contributed by atoms with E-state index >= 15 is 0 Å². The number of rotatable bonds is 4. The van der Waals surface area contributed by atoms with E-state index in [0.717, 1.165) is 12.0 Å². The Hall–Kier alpha value is -2.08. The summed E-state index contributed by atoms with van der Waals surface area (Å²) in [5.41, 5.74) is 6.34. The van der Waals surface area contributed by atoms with Crippen molar-refractivity contribution in [2.75, 3.05) is 6.54 Å². The summed E-state index contributed by atoms with van der Waals surface area (Å²) in [5.74, 6) is -0.443. The van der Waals surface area contributed by atoms with Gasteiger partial charge < -0.3 is 10.6 Å². The van der Waals surface area contributed by atoms with Gasteiger partial charge in [-0.3, -0.25) is 9.63 Å². The zero-order chi connectivity index (χ0) is 14.1. The van der Waals surface area contributed by atoms with Gasteiger partial charge in [0.2, 0.25) is 5.91 Å². The highest BCUT2D eigenvalue weighted by Crippen LogP contribution is 2.30. The maximum atomic E-state index is 12.2. The molecular formula is C14H17N3O3. The minimum atomic E-state index is -0.496. The van der Waals surface area contributed by atoms with Crippen molar-refractivity contribution in [2.24, 2.45) is 5.73 Å². The molecule has 0 aliphatic carbocycles. The maximum Gasteiger partial charge on any atom is 0.345 e. The van der Waals surface area contributed by atoms with E-state index in [9.17, 15) is 9.59 Å². The minimum absolute atomic E-state index is 0.0156. The van der Waals surface area contributed by atoms with Crippen molar-refractivity contribution in [2.45, 2.75) is 31.5 Å². The lowest BCUT2D eigenvalue weighted by Crippen LogP contribution is -2.47. The molecule has 2 heterocycles. The van der Waals surface area contributed by atoms with Crippen LogP contribution in [-0.4, -0.2) is 40.5 Å². The fourth-order valence-electron chi connectivity index (χ4n) is 2.81. The highest BCUT2D eigenvalue weighted by molar-refractivity contribution is 5.87. The molecule has 20 heavy (non-hydrogen) atoms. The van der Waals surface area contributed by atoms with Crippen LogP contribution in [0.3, 0.4) is 0 Å². The Morgan fingerprint density at radius 1 is 1.30 bits per heavy atom. The fourth-order valence-corrected chi connectivity index (χ4v) is 2.81. The van der Waals surface area contributed by atoms with Gasteiger partial charge in [-0.25, -0.2) is 4.79 Å². The van der Waals surface area contributed by atoms with E-state index in [-0.39, 0.29) is 12.1 Å². The molecule has 2 unspecified atom stereocenters. The van der Waals surface area contributed by atoms with E-state index in [1.54, 1.807) is 0 Å². The van der Waals surface area contributed by atoms with Crippen molar-refractivity contribution >= 4 is 11.9 Å². The molecule has 6 nitrogen and oxygen atoms in total. The zero-order valence-electron chi connectivity index (χ0n) is 11.1. The van der Waals surface area contributed by atoms with Crippen LogP contribution in [0.1, 0.15) is 18.4 Å². The number of nitrogens with two attached hydrogens (primary N) is 1. The lowest BCUT2D eigenvalue weighted by atomic mass is 10.0. The van der Waals surface area contributed by atoms with E-state index in [1.165, 1.54) is 9.96 Å². The number of benzene rings is 1. The van der Waals surface area contributed by atoms with Gasteiger partial charge in [0.05, 0.1) is 6.04 Å². The Morgan fingerprint density at radius 3 is 2.75 bits per heavy atom. The molecule has 1 aromatic carbocycles. The molecule has 2 atom stereocenters. The van der Waals surface area contributed by atoms with Crippen LogP contribution in [0.15, 0.2) is 30.3 Å². The zero-order valence-corrected chi connectivity index (χ0v) is 11.1. The second-order valence-electron chi connectivity index (χ2n) is 5.17. The Bertz CT molecular complexity index is 520. The van der Waals surface area contributed by atoms with E-state index in [1.807, 2.05) is 30.3 Å². The molecular weight excluding hydrogens is 258 g/mol. The molecule has 2 N–H and O–H groups in total. The van der Waals surface area contributed by atoms with E-state index in [0.29, 0.717) is 19.6 Å². The van der Waals surface area contributed by atoms with Gasteiger partial charge in [0.15, 0.2) is 0 Å². The number of amides is 3. The molecule has 106 valence electrons. The average Bonchev–Trinajstić information content (AvgIpc) is 2.70. The summed E-state index contributed by atoms with van der Waals surface area (Å²) in [6.45, 7) is 0.861. The smallest absolute Gasteiger partial charge is 0.345 e. The first kappa shape index (κ1) is 12.9. The molecule has 2 aliphatic heterocycles. The van der Waals surface area contributed by atoms with Crippen molar-refractivity contribution in [3.05, 3.63) is 35.9 Å². The van der Waals surface area contributed by atoms with Gasteiger partial charge in [-0.05, 0) is 18.4 Å². The third-order valence-corrected chi connectivity index (χ3v) is 3.86. The molecule has 2 fully saturated rings. The minimum Gasteiger partial charge on any atom is -0.368 e. The first-order valence-electron chi connectivity index (χ1n) is 6.73. The molecule has 1 aromatic rings. The second kappa shape index (κ2) is 5.13. The number of fused-ring (bicyclic) bond motifs is 2. The van der Waals surface area contributed by atoms with E-state index in [4.69, 9.17) is 10.6 Å². The fraction of sp³-hybridized carbons (Fsp3) is 0.429. The van der Waals surface area contributed by atoms with Crippen LogP contribution in [-0.2, 0) is 16.2 Å². The molecule has 0 spiro atoms. The van der Waals surface area contributed by atoms with Crippen molar-refractivity contribution in [3.63, 3.8) is 0 Å². The second-order valence-corrected chi connectivity index (χ2v) is 5.17. The Kier molecular flexibility index (Phi) is 3.31. The summed E-state index contributed by atoms with van der Waals surface area (Å²) in [4.78, 5) is 30.7. The number of piperidine rings is 1. The normalized spacial score (nSPS) is 25.1. The summed E-state index contributed by atoms with van der Waals surface area (Å²) in [5, 5.41) is 1.40. The Balaban J connectivity index is 1.67. The number of carbonyl (C=O) groups is 2. The third-order valence-electron chi connectivity index (χ3n) is 3.86. The Labute approximate surface area is 117 Å². The van der Waals surface area contributed by atoms with Crippen molar-refractivity contribution in [1.29, 1.82) is 0 Å². The standard InChI is InChI=1S/C14H17N3O3/c15-13(18)12-7-6-11-8-16(12)14(19)17(11)20-9-10-4-2-1-3-5-10/h1-5,11-12H,6-9H2,(H2,15,18). The largest absolute Gasteiger partial charge is 0.368 e. The van der Waals surface area contributed by atoms with Crippen LogP contribution in [0.2, 0.25) is 0 Å². The molecule has 0 aromatic heterocycles. The molecule has 2 bridgehead atoms. The van der Waals surface area contributed by atoms with Gasteiger partial charge in [0.25, 0.3) is 0 Å². The molecule has 2 aliphatic rings. The summed E-state index contributed by atoms with van der Waals surface area (Å²) >= 11 is 0. The third kappa shape index (κ3) is 2.22. The number of urea groups is 1. The maximum absolute atomic E-state index is 12.2. The van der Waals surface area contributed by atoms with Gasteiger partial charge >= 0.3 is 6.03 Å². The lowest BCUT2D eigenvalue weighted by molar-refractivity contribution is -0.140.